The van der Waals surface area contributed by atoms with Gasteiger partial charge in [-0.1, -0.05) is 12.1 Å². The van der Waals surface area contributed by atoms with Gasteiger partial charge in [-0.2, -0.15) is 5.26 Å². The molecule has 6 heteroatoms. The lowest BCUT2D eigenvalue weighted by Gasteiger charge is -2.41. The SMILES string of the molecule is CC1=CC(C)(C)N(C)c2cc3c(cc21)C(c1ccc2c(c1)OCCO2)C(C#N)=C(N)O3. The molecule has 0 amide bonds. The van der Waals surface area contributed by atoms with Crippen LogP contribution >= 0.6 is 0 Å². The van der Waals surface area contributed by atoms with Gasteiger partial charge >= 0.3 is 0 Å². The van der Waals surface area contributed by atoms with Gasteiger partial charge in [0.15, 0.2) is 11.5 Å². The number of nitrogens with zero attached hydrogens (tertiary/aromatic N) is 2. The molecule has 3 aliphatic rings. The van der Waals surface area contributed by atoms with Crippen molar-refractivity contribution < 1.29 is 14.2 Å². The van der Waals surface area contributed by atoms with Gasteiger partial charge in [-0.25, -0.2) is 0 Å². The van der Waals surface area contributed by atoms with Crippen molar-refractivity contribution >= 4 is 11.3 Å². The maximum absolute atomic E-state index is 9.91. The molecule has 31 heavy (non-hydrogen) atoms. The van der Waals surface area contributed by atoms with Crippen LogP contribution in [0.4, 0.5) is 5.69 Å². The first-order chi connectivity index (χ1) is 14.8. The number of nitriles is 1. The van der Waals surface area contributed by atoms with Gasteiger partial charge in [0, 0.05) is 29.9 Å². The van der Waals surface area contributed by atoms with Crippen molar-refractivity contribution in [2.45, 2.75) is 32.2 Å². The van der Waals surface area contributed by atoms with E-state index in [0.29, 0.717) is 36.0 Å². The fourth-order valence-electron chi connectivity index (χ4n) is 4.68. The van der Waals surface area contributed by atoms with Crippen molar-refractivity contribution in [1.82, 2.24) is 0 Å². The molecule has 0 radical (unpaired) electrons. The number of likely N-dealkylation sites (N-methyl/N-ethyl adjacent to an activating group) is 1. The molecule has 0 fully saturated rings. The van der Waals surface area contributed by atoms with Crippen LogP contribution in [0.3, 0.4) is 0 Å². The zero-order valence-electron chi connectivity index (χ0n) is 18.2. The maximum Gasteiger partial charge on any atom is 0.205 e. The van der Waals surface area contributed by atoms with Gasteiger partial charge in [0.2, 0.25) is 5.88 Å². The van der Waals surface area contributed by atoms with E-state index in [-0.39, 0.29) is 17.3 Å². The van der Waals surface area contributed by atoms with Crippen LogP contribution in [0.5, 0.6) is 17.2 Å². The molecule has 0 spiro atoms. The fourth-order valence-corrected chi connectivity index (χ4v) is 4.68. The number of hydrogen-bond donors (Lipinski definition) is 1. The molecule has 3 heterocycles. The number of benzene rings is 2. The molecule has 1 atom stereocenters. The number of anilines is 1. The Morgan fingerprint density at radius 1 is 1.10 bits per heavy atom. The molecule has 6 nitrogen and oxygen atoms in total. The first-order valence-electron chi connectivity index (χ1n) is 10.4. The van der Waals surface area contributed by atoms with Crippen LogP contribution in [0.1, 0.15) is 43.4 Å². The van der Waals surface area contributed by atoms with Crippen LogP contribution in [-0.4, -0.2) is 25.8 Å². The summed E-state index contributed by atoms with van der Waals surface area (Å²) in [7, 11) is 2.08. The fraction of sp³-hybridized carbons (Fsp3) is 0.320. The predicted octanol–water partition coefficient (Wildman–Crippen LogP) is 4.31. The highest BCUT2D eigenvalue weighted by Crippen LogP contribution is 2.49. The summed E-state index contributed by atoms with van der Waals surface area (Å²) in [6, 6.07) is 12.2. The maximum atomic E-state index is 9.91. The smallest absolute Gasteiger partial charge is 0.205 e. The Hall–Kier alpha value is -3.59. The number of fused-ring (bicyclic) bond motifs is 3. The normalized spacial score (nSPS) is 20.8. The molecule has 3 aliphatic heterocycles. The Balaban J connectivity index is 1.71. The summed E-state index contributed by atoms with van der Waals surface area (Å²) in [4.78, 5) is 2.23. The van der Waals surface area contributed by atoms with E-state index in [4.69, 9.17) is 19.9 Å². The van der Waals surface area contributed by atoms with E-state index < -0.39 is 0 Å². The molecule has 0 bridgehead atoms. The molecule has 0 aromatic heterocycles. The monoisotopic (exact) mass is 415 g/mol. The standard InChI is InChI=1S/C25H25N3O3/c1-14-12-25(2,3)28(4)19-11-21-17(10-16(14)19)23(18(13-26)24(27)31-21)15-5-6-20-22(9-15)30-8-7-29-20/h5-6,9-12,23H,7-8,27H2,1-4H3. The lowest BCUT2D eigenvalue weighted by atomic mass is 9.80. The topological polar surface area (TPSA) is 80.7 Å². The summed E-state index contributed by atoms with van der Waals surface area (Å²) >= 11 is 0. The van der Waals surface area contributed by atoms with Crippen LogP contribution in [0.25, 0.3) is 5.57 Å². The third kappa shape index (κ3) is 2.92. The highest BCUT2D eigenvalue weighted by atomic mass is 16.6. The van der Waals surface area contributed by atoms with Gasteiger partial charge in [-0.05, 0) is 50.1 Å². The average Bonchev–Trinajstić information content (AvgIpc) is 2.75. The highest BCUT2D eigenvalue weighted by Gasteiger charge is 2.35. The van der Waals surface area contributed by atoms with E-state index in [2.05, 4.69) is 50.9 Å². The first-order valence-corrected chi connectivity index (χ1v) is 10.4. The Kier molecular flexibility index (Phi) is 4.19. The van der Waals surface area contributed by atoms with Crippen LogP contribution in [0.2, 0.25) is 0 Å². The van der Waals surface area contributed by atoms with Crippen molar-refractivity contribution in [3.8, 4) is 23.3 Å². The van der Waals surface area contributed by atoms with Gasteiger partial charge in [0.05, 0.1) is 11.5 Å². The van der Waals surface area contributed by atoms with Crippen molar-refractivity contribution in [2.24, 2.45) is 5.73 Å². The van der Waals surface area contributed by atoms with Crippen LogP contribution < -0.4 is 24.8 Å². The average molecular weight is 415 g/mol. The third-order valence-corrected chi connectivity index (χ3v) is 6.45. The summed E-state index contributed by atoms with van der Waals surface area (Å²) in [5.41, 5.74) is 11.7. The minimum atomic E-state index is -0.345. The van der Waals surface area contributed by atoms with Gasteiger partial charge in [0.1, 0.15) is 30.6 Å². The molecule has 0 aliphatic carbocycles. The summed E-state index contributed by atoms with van der Waals surface area (Å²) in [5.74, 6) is 1.87. The van der Waals surface area contributed by atoms with E-state index in [9.17, 15) is 5.26 Å². The Labute approximate surface area is 182 Å². The lowest BCUT2D eigenvalue weighted by molar-refractivity contribution is 0.171. The molecule has 5 rings (SSSR count). The lowest BCUT2D eigenvalue weighted by Crippen LogP contribution is -2.42. The second-order valence-corrected chi connectivity index (χ2v) is 8.78. The van der Waals surface area contributed by atoms with Crippen molar-refractivity contribution in [3.63, 3.8) is 0 Å². The molecule has 1 unspecified atom stereocenters. The number of rotatable bonds is 1. The summed E-state index contributed by atoms with van der Waals surface area (Å²) < 4.78 is 17.4. The quantitative estimate of drug-likeness (QED) is 0.748. The second kappa shape index (κ2) is 6.71. The van der Waals surface area contributed by atoms with E-state index >= 15 is 0 Å². The van der Waals surface area contributed by atoms with E-state index in [1.165, 1.54) is 5.57 Å². The third-order valence-electron chi connectivity index (χ3n) is 6.45. The number of ether oxygens (including phenoxy) is 3. The van der Waals surface area contributed by atoms with E-state index in [1.807, 2.05) is 24.3 Å². The number of allylic oxidation sites excluding steroid dienone is 2. The molecule has 2 aromatic rings. The minimum absolute atomic E-state index is 0.117. The van der Waals surface area contributed by atoms with Crippen LogP contribution in [-0.2, 0) is 0 Å². The van der Waals surface area contributed by atoms with Gasteiger partial charge in [-0.15, -0.1) is 0 Å². The minimum Gasteiger partial charge on any atom is -0.486 e. The zero-order valence-corrected chi connectivity index (χ0v) is 18.2. The molecule has 2 N–H and O–H groups in total. The number of hydrogen-bond acceptors (Lipinski definition) is 6. The van der Waals surface area contributed by atoms with Gasteiger partial charge < -0.3 is 24.8 Å². The van der Waals surface area contributed by atoms with Crippen LogP contribution in [0, 0.1) is 11.3 Å². The number of nitrogens with two attached hydrogens (primary N) is 1. The molecule has 2 aromatic carbocycles. The van der Waals surface area contributed by atoms with Gasteiger partial charge in [-0.3, -0.25) is 0 Å². The Morgan fingerprint density at radius 2 is 1.84 bits per heavy atom. The molecule has 0 saturated heterocycles. The second-order valence-electron chi connectivity index (χ2n) is 8.78. The van der Waals surface area contributed by atoms with E-state index in [0.717, 1.165) is 22.4 Å². The largest absolute Gasteiger partial charge is 0.486 e. The van der Waals surface area contributed by atoms with Crippen LogP contribution in [0.15, 0.2) is 47.9 Å². The summed E-state index contributed by atoms with van der Waals surface area (Å²) in [5, 5.41) is 9.91. The van der Waals surface area contributed by atoms with Gasteiger partial charge in [0.25, 0.3) is 0 Å². The van der Waals surface area contributed by atoms with E-state index in [1.54, 1.807) is 0 Å². The predicted molar refractivity (Wildman–Crippen MR) is 119 cm³/mol. The molecule has 0 saturated carbocycles. The Morgan fingerprint density at radius 3 is 2.58 bits per heavy atom. The van der Waals surface area contributed by atoms with Crippen molar-refractivity contribution in [3.05, 3.63) is 64.6 Å². The molecule has 158 valence electrons. The highest BCUT2D eigenvalue weighted by molar-refractivity contribution is 5.83. The van der Waals surface area contributed by atoms with Crippen molar-refractivity contribution in [2.75, 3.05) is 25.2 Å². The summed E-state index contributed by atoms with van der Waals surface area (Å²) in [6.45, 7) is 7.52. The molecular formula is C25H25N3O3. The first kappa shape index (κ1) is 19.4. The Bertz CT molecular complexity index is 1200. The van der Waals surface area contributed by atoms with Crippen molar-refractivity contribution in [1.29, 1.82) is 5.26 Å². The summed E-state index contributed by atoms with van der Waals surface area (Å²) in [6.07, 6.45) is 2.26. The zero-order chi connectivity index (χ0) is 21.9. The molecular weight excluding hydrogens is 390 g/mol.